The molecule has 79 heavy (non-hydrogen) atoms. The largest absolute Gasteiger partial charge is 0.479 e. The molecule has 1 aliphatic heterocycles. The fourth-order valence-electron chi connectivity index (χ4n) is 7.95. The summed E-state index contributed by atoms with van der Waals surface area (Å²) in [6, 6.07) is 0. The van der Waals surface area contributed by atoms with Crippen LogP contribution in [-0.2, 0) is 42.9 Å². The lowest BCUT2D eigenvalue weighted by atomic mass is 9.98. The van der Waals surface area contributed by atoms with E-state index in [9.17, 15) is 34.5 Å². The minimum Gasteiger partial charge on any atom is -0.479 e. The van der Waals surface area contributed by atoms with Crippen molar-refractivity contribution in [3.8, 4) is 0 Å². The van der Waals surface area contributed by atoms with Crippen molar-refractivity contribution >= 4 is 23.9 Å². The predicted octanol–water partition coefficient (Wildman–Crippen LogP) is 15.6. The molecule has 1 saturated heterocycles. The predicted molar refractivity (Wildman–Crippen MR) is 321 cm³/mol. The van der Waals surface area contributed by atoms with Crippen molar-refractivity contribution in [3.63, 3.8) is 0 Å². The fraction of sp³-hybridized carbons (Fsp3) is 0.582. The molecule has 1 heterocycles. The highest BCUT2D eigenvalue weighted by Gasteiger charge is 2.50. The van der Waals surface area contributed by atoms with Crippen molar-refractivity contribution in [1.82, 2.24) is 0 Å². The lowest BCUT2D eigenvalue weighted by Crippen LogP contribution is -2.61. The number of allylic oxidation sites excluding steroid dienone is 24. The highest BCUT2D eigenvalue weighted by Crippen LogP contribution is 2.26. The molecule has 1 rings (SSSR count). The molecule has 0 aromatic heterocycles. The number of unbranched alkanes of at least 4 members (excludes halogenated alkanes) is 10. The molecule has 1 aliphatic rings. The summed E-state index contributed by atoms with van der Waals surface area (Å²) >= 11 is 0. The van der Waals surface area contributed by atoms with Gasteiger partial charge in [0.25, 0.3) is 0 Å². The average molecular weight is 1100 g/mol. The number of rotatable bonds is 48. The van der Waals surface area contributed by atoms with E-state index >= 15 is 0 Å². The number of aliphatic carboxylic acids is 1. The van der Waals surface area contributed by atoms with Gasteiger partial charge in [-0.25, -0.2) is 4.79 Å². The number of hydrogen-bond donors (Lipinski definition) is 3. The molecule has 0 aromatic rings. The van der Waals surface area contributed by atoms with E-state index in [1.165, 1.54) is 0 Å². The molecule has 1 fully saturated rings. The summed E-state index contributed by atoms with van der Waals surface area (Å²) in [5.74, 6) is -3.31. The minimum absolute atomic E-state index is 0.00374. The van der Waals surface area contributed by atoms with Crippen molar-refractivity contribution in [2.24, 2.45) is 0 Å². The molecule has 0 aromatic carbocycles. The second-order valence-electron chi connectivity index (χ2n) is 19.5. The third-order valence-electron chi connectivity index (χ3n) is 12.4. The smallest absolute Gasteiger partial charge is 0.335 e. The van der Waals surface area contributed by atoms with Gasteiger partial charge in [-0.1, -0.05) is 205 Å². The van der Waals surface area contributed by atoms with Gasteiger partial charge in [-0.05, 0) is 122 Å². The summed E-state index contributed by atoms with van der Waals surface area (Å²) in [5, 5.41) is 31.5. The topological polar surface area (TPSA) is 175 Å². The number of esters is 3. The van der Waals surface area contributed by atoms with E-state index in [1.807, 2.05) is 12.2 Å². The first kappa shape index (κ1) is 71.6. The molecule has 6 atom stereocenters. The zero-order chi connectivity index (χ0) is 57.5. The van der Waals surface area contributed by atoms with Gasteiger partial charge in [0.2, 0.25) is 0 Å². The van der Waals surface area contributed by atoms with Crippen LogP contribution in [0.1, 0.15) is 201 Å². The Labute approximate surface area is 476 Å². The zero-order valence-corrected chi connectivity index (χ0v) is 48.5. The molecular weight excluding hydrogens is 997 g/mol. The Morgan fingerprint density at radius 1 is 0.418 bits per heavy atom. The summed E-state index contributed by atoms with van der Waals surface area (Å²) in [5.41, 5.74) is 0. The Kier molecular flexibility index (Phi) is 48.3. The van der Waals surface area contributed by atoms with Gasteiger partial charge in [-0.3, -0.25) is 14.4 Å². The molecule has 0 saturated carbocycles. The van der Waals surface area contributed by atoms with Gasteiger partial charge < -0.3 is 39.0 Å². The van der Waals surface area contributed by atoms with Crippen LogP contribution in [0.4, 0.5) is 0 Å². The summed E-state index contributed by atoms with van der Waals surface area (Å²) in [6.45, 7) is 5.55. The third-order valence-corrected chi connectivity index (χ3v) is 12.4. The van der Waals surface area contributed by atoms with Crippen LogP contribution in [-0.4, -0.2) is 89.2 Å². The SMILES string of the molecule is CC/C=C\C/C=C\C/C=C\C/C=C\C/C=C\CCCCCC(=O)OC1C(OCC(COC(=O)CCCCCCCCC/C=C\C/C=C\C/C=C\CC)OC(=O)CC/C=C\C/C=C\C/C=C\C/C=C\CC)OC(C(=O)O)C(O)C1O. The van der Waals surface area contributed by atoms with Crippen LogP contribution in [0.5, 0.6) is 0 Å². The number of aliphatic hydroxyl groups is 2. The van der Waals surface area contributed by atoms with Gasteiger partial charge >= 0.3 is 23.9 Å². The number of aliphatic hydroxyl groups excluding tert-OH is 2. The van der Waals surface area contributed by atoms with Crippen LogP contribution in [0.25, 0.3) is 0 Å². The van der Waals surface area contributed by atoms with E-state index in [0.717, 1.165) is 135 Å². The molecule has 0 spiro atoms. The summed E-state index contributed by atoms with van der Waals surface area (Å²) in [4.78, 5) is 51.1. The number of carbonyl (C=O) groups is 4. The molecule has 12 nitrogen and oxygen atoms in total. The number of carbonyl (C=O) groups excluding carboxylic acids is 3. The Morgan fingerprint density at radius 3 is 1.22 bits per heavy atom. The summed E-state index contributed by atoms with van der Waals surface area (Å²) in [7, 11) is 0. The number of hydrogen-bond acceptors (Lipinski definition) is 11. The van der Waals surface area contributed by atoms with Gasteiger partial charge in [-0.15, -0.1) is 0 Å². The first-order valence-electron chi connectivity index (χ1n) is 29.8. The Morgan fingerprint density at radius 2 is 0.785 bits per heavy atom. The van der Waals surface area contributed by atoms with Crippen molar-refractivity contribution in [2.45, 2.75) is 237 Å². The van der Waals surface area contributed by atoms with Crippen molar-refractivity contribution in [3.05, 3.63) is 146 Å². The maximum absolute atomic E-state index is 13.1. The van der Waals surface area contributed by atoms with Crippen LogP contribution in [0.15, 0.2) is 146 Å². The fourth-order valence-corrected chi connectivity index (χ4v) is 7.95. The molecule has 3 N–H and O–H groups in total. The van der Waals surface area contributed by atoms with Crippen molar-refractivity contribution in [2.75, 3.05) is 13.2 Å². The van der Waals surface area contributed by atoms with E-state index in [2.05, 4.69) is 154 Å². The quantitative estimate of drug-likeness (QED) is 0.0228. The van der Waals surface area contributed by atoms with E-state index < -0.39 is 67.3 Å². The van der Waals surface area contributed by atoms with Crippen molar-refractivity contribution < 1.29 is 58.2 Å². The standard InChI is InChI=1S/C67H102O12/c1-4-7-10-13-16-19-22-25-27-29-30-32-34-37-40-43-46-49-52-55-61(70)78-65-63(72)62(71)64(66(73)74)79-67(65)76-57-58(77-60(69)54-51-48-45-42-39-35-24-21-18-15-12-9-6-3)56-75-59(68)53-50-47-44-41-38-36-33-31-28-26-23-20-17-14-11-8-5-2/h7-12,16-21,25-28,30,32,35,37,39-40,45,48,58,62-65,67,71-72H,4-6,13-15,22-24,29,31,33-34,36,38,41-44,46-47,49-57H2,1-3H3,(H,73,74)/b10-7-,11-8-,12-9-,19-16-,20-17-,21-18-,27-25-,28-26-,32-30-,39-35-,40-37-,48-45-. The molecular formula is C67H102O12. The zero-order valence-electron chi connectivity index (χ0n) is 48.5. The van der Waals surface area contributed by atoms with Gasteiger partial charge in [0.1, 0.15) is 18.8 Å². The van der Waals surface area contributed by atoms with Gasteiger partial charge in [-0.2, -0.15) is 0 Å². The van der Waals surface area contributed by atoms with Crippen LogP contribution in [0.2, 0.25) is 0 Å². The molecule has 6 unspecified atom stereocenters. The first-order valence-corrected chi connectivity index (χ1v) is 29.8. The van der Waals surface area contributed by atoms with Crippen LogP contribution in [0.3, 0.4) is 0 Å². The third kappa shape index (κ3) is 43.1. The first-order chi connectivity index (χ1) is 38.6. The highest BCUT2D eigenvalue weighted by atomic mass is 16.7. The Hall–Kier alpha value is -5.40. The molecule has 0 aliphatic carbocycles. The molecule has 12 heteroatoms. The molecule has 442 valence electrons. The number of carboxylic acids is 1. The van der Waals surface area contributed by atoms with Gasteiger partial charge in [0.05, 0.1) is 6.61 Å². The maximum Gasteiger partial charge on any atom is 0.335 e. The maximum atomic E-state index is 13.1. The Bertz CT molecular complexity index is 1930. The second-order valence-corrected chi connectivity index (χ2v) is 19.5. The van der Waals surface area contributed by atoms with Crippen LogP contribution < -0.4 is 0 Å². The summed E-state index contributed by atoms with van der Waals surface area (Å²) < 4.78 is 28.3. The average Bonchev–Trinajstić information content (AvgIpc) is 3.46. The monoisotopic (exact) mass is 1100 g/mol. The Balaban J connectivity index is 2.74. The number of carboxylic acid groups (broad SMARTS) is 1. The van der Waals surface area contributed by atoms with E-state index in [4.69, 9.17) is 23.7 Å². The minimum atomic E-state index is -1.94. The van der Waals surface area contributed by atoms with E-state index in [0.29, 0.717) is 25.7 Å². The summed E-state index contributed by atoms with van der Waals surface area (Å²) in [6.07, 6.45) is 64.0. The van der Waals surface area contributed by atoms with Crippen LogP contribution >= 0.6 is 0 Å². The molecule has 0 bridgehead atoms. The number of ether oxygens (including phenoxy) is 5. The lowest BCUT2D eigenvalue weighted by Gasteiger charge is -2.40. The molecule has 0 amide bonds. The van der Waals surface area contributed by atoms with Crippen molar-refractivity contribution in [1.29, 1.82) is 0 Å². The lowest BCUT2D eigenvalue weighted by molar-refractivity contribution is -0.301. The van der Waals surface area contributed by atoms with Gasteiger partial charge in [0, 0.05) is 19.3 Å². The second kappa shape index (κ2) is 53.3. The highest BCUT2D eigenvalue weighted by molar-refractivity contribution is 5.74. The molecule has 0 radical (unpaired) electrons. The van der Waals surface area contributed by atoms with E-state index in [1.54, 1.807) is 0 Å². The van der Waals surface area contributed by atoms with E-state index in [-0.39, 0.29) is 25.9 Å². The van der Waals surface area contributed by atoms with Crippen LogP contribution in [0, 0.1) is 0 Å². The van der Waals surface area contributed by atoms with Gasteiger partial charge in [0.15, 0.2) is 24.6 Å². The normalized spacial score (nSPS) is 18.9.